The molecule has 132 valence electrons. The van der Waals surface area contributed by atoms with Crippen molar-refractivity contribution in [2.45, 2.75) is 51.5 Å². The number of nitrogens with one attached hydrogen (secondary N) is 1. The molecule has 1 N–H and O–H groups in total. The Morgan fingerprint density at radius 2 is 1.71 bits per heavy atom. The minimum absolute atomic E-state index is 0.0466. The molecular weight excluding hydrogens is 302 g/mol. The van der Waals surface area contributed by atoms with Gasteiger partial charge in [0, 0.05) is 51.4 Å². The van der Waals surface area contributed by atoms with Crippen molar-refractivity contribution in [3.05, 3.63) is 24.3 Å². The molecule has 0 aromatic heterocycles. The van der Waals surface area contributed by atoms with Crippen molar-refractivity contribution >= 4 is 23.2 Å². The fraction of sp³-hybridized carbons (Fsp3) is 0.579. The summed E-state index contributed by atoms with van der Waals surface area (Å²) >= 11 is 0. The highest BCUT2D eigenvalue weighted by atomic mass is 16.2. The predicted molar refractivity (Wildman–Crippen MR) is 98.3 cm³/mol. The van der Waals surface area contributed by atoms with Crippen LogP contribution in [0.15, 0.2) is 24.3 Å². The van der Waals surface area contributed by atoms with Crippen molar-refractivity contribution in [1.82, 2.24) is 4.90 Å². The third-order valence-electron chi connectivity index (χ3n) is 4.67. The molecule has 2 amide bonds. The SMILES string of the molecule is CC(=O)N(CCC(=O)Nc1ccc(N(C)C)cc1)C1CCCCC1. The monoisotopic (exact) mass is 331 g/mol. The van der Waals surface area contributed by atoms with Gasteiger partial charge in [0.05, 0.1) is 0 Å². The van der Waals surface area contributed by atoms with E-state index in [-0.39, 0.29) is 11.8 Å². The lowest BCUT2D eigenvalue weighted by molar-refractivity contribution is -0.132. The first-order chi connectivity index (χ1) is 11.5. The van der Waals surface area contributed by atoms with Gasteiger partial charge in [-0.05, 0) is 37.1 Å². The van der Waals surface area contributed by atoms with E-state index in [1.54, 1.807) is 6.92 Å². The Bertz CT molecular complexity index is 548. The summed E-state index contributed by atoms with van der Waals surface area (Å²) in [6, 6.07) is 8.05. The highest BCUT2D eigenvalue weighted by Crippen LogP contribution is 2.23. The van der Waals surface area contributed by atoms with Gasteiger partial charge in [0.15, 0.2) is 0 Å². The zero-order valence-electron chi connectivity index (χ0n) is 15.0. The molecule has 24 heavy (non-hydrogen) atoms. The summed E-state index contributed by atoms with van der Waals surface area (Å²) in [6.07, 6.45) is 6.08. The Morgan fingerprint density at radius 3 is 2.25 bits per heavy atom. The smallest absolute Gasteiger partial charge is 0.226 e. The zero-order valence-corrected chi connectivity index (χ0v) is 15.0. The zero-order chi connectivity index (χ0) is 17.5. The van der Waals surface area contributed by atoms with Crippen LogP contribution in [0.3, 0.4) is 0 Å². The van der Waals surface area contributed by atoms with Crippen LogP contribution in [0, 0.1) is 0 Å². The number of benzene rings is 1. The van der Waals surface area contributed by atoms with Crippen molar-refractivity contribution in [2.75, 3.05) is 30.9 Å². The summed E-state index contributed by atoms with van der Waals surface area (Å²) in [4.78, 5) is 28.0. The highest BCUT2D eigenvalue weighted by molar-refractivity contribution is 5.91. The van der Waals surface area contributed by atoms with Crippen LogP contribution in [0.25, 0.3) is 0 Å². The Balaban J connectivity index is 1.85. The van der Waals surface area contributed by atoms with Crippen LogP contribution < -0.4 is 10.2 Å². The molecule has 1 saturated carbocycles. The number of rotatable bonds is 6. The van der Waals surface area contributed by atoms with E-state index in [0.717, 1.165) is 24.2 Å². The number of hydrogen-bond donors (Lipinski definition) is 1. The number of anilines is 2. The maximum Gasteiger partial charge on any atom is 0.226 e. The van der Waals surface area contributed by atoms with Crippen LogP contribution in [0.5, 0.6) is 0 Å². The summed E-state index contributed by atoms with van der Waals surface area (Å²) in [6.45, 7) is 2.11. The molecule has 0 radical (unpaired) electrons. The predicted octanol–water partition coefficient (Wildman–Crippen LogP) is 3.26. The number of nitrogens with zero attached hydrogens (tertiary/aromatic N) is 2. The van der Waals surface area contributed by atoms with Gasteiger partial charge in [0.2, 0.25) is 11.8 Å². The van der Waals surface area contributed by atoms with E-state index in [9.17, 15) is 9.59 Å². The molecule has 0 bridgehead atoms. The van der Waals surface area contributed by atoms with Gasteiger partial charge in [-0.2, -0.15) is 0 Å². The van der Waals surface area contributed by atoms with E-state index in [2.05, 4.69) is 5.32 Å². The van der Waals surface area contributed by atoms with Gasteiger partial charge in [-0.1, -0.05) is 19.3 Å². The van der Waals surface area contributed by atoms with Crippen LogP contribution in [0.2, 0.25) is 0 Å². The molecule has 1 aliphatic carbocycles. The van der Waals surface area contributed by atoms with Gasteiger partial charge in [0.1, 0.15) is 0 Å². The van der Waals surface area contributed by atoms with Crippen LogP contribution in [0.1, 0.15) is 45.4 Å². The topological polar surface area (TPSA) is 52.7 Å². The minimum atomic E-state index is -0.0466. The van der Waals surface area contributed by atoms with Crippen LogP contribution in [0.4, 0.5) is 11.4 Å². The quantitative estimate of drug-likeness (QED) is 0.870. The lowest BCUT2D eigenvalue weighted by Gasteiger charge is -2.33. The lowest BCUT2D eigenvalue weighted by atomic mass is 9.94. The molecule has 0 heterocycles. The van der Waals surface area contributed by atoms with Crippen molar-refractivity contribution in [2.24, 2.45) is 0 Å². The second kappa shape index (κ2) is 8.71. The first-order valence-electron chi connectivity index (χ1n) is 8.82. The largest absolute Gasteiger partial charge is 0.378 e. The first kappa shape index (κ1) is 18.3. The van der Waals surface area contributed by atoms with Crippen molar-refractivity contribution < 1.29 is 9.59 Å². The molecular formula is C19H29N3O2. The van der Waals surface area contributed by atoms with Crippen LogP contribution in [-0.2, 0) is 9.59 Å². The van der Waals surface area contributed by atoms with Gasteiger partial charge in [0.25, 0.3) is 0 Å². The average molecular weight is 331 g/mol. The molecule has 0 unspecified atom stereocenters. The fourth-order valence-corrected chi connectivity index (χ4v) is 3.28. The van der Waals surface area contributed by atoms with E-state index >= 15 is 0 Å². The molecule has 1 aromatic carbocycles. The molecule has 0 saturated heterocycles. The van der Waals surface area contributed by atoms with E-state index in [4.69, 9.17) is 0 Å². The van der Waals surface area contributed by atoms with Gasteiger partial charge < -0.3 is 15.1 Å². The maximum absolute atomic E-state index is 12.2. The number of hydrogen-bond acceptors (Lipinski definition) is 3. The van der Waals surface area contributed by atoms with Crippen molar-refractivity contribution in [3.63, 3.8) is 0 Å². The van der Waals surface area contributed by atoms with E-state index < -0.39 is 0 Å². The summed E-state index contributed by atoms with van der Waals surface area (Å²) in [5.41, 5.74) is 1.88. The summed E-state index contributed by atoms with van der Waals surface area (Å²) < 4.78 is 0. The molecule has 0 aliphatic heterocycles. The van der Waals surface area contributed by atoms with E-state index in [1.807, 2.05) is 48.2 Å². The van der Waals surface area contributed by atoms with Crippen molar-refractivity contribution in [1.29, 1.82) is 0 Å². The molecule has 1 fully saturated rings. The molecule has 1 aromatic rings. The Kier molecular flexibility index (Phi) is 6.64. The molecule has 0 atom stereocenters. The van der Waals surface area contributed by atoms with Gasteiger partial charge >= 0.3 is 0 Å². The van der Waals surface area contributed by atoms with Gasteiger partial charge in [-0.15, -0.1) is 0 Å². The van der Waals surface area contributed by atoms with Crippen molar-refractivity contribution in [3.8, 4) is 0 Å². The molecule has 2 rings (SSSR count). The van der Waals surface area contributed by atoms with E-state index in [0.29, 0.717) is 19.0 Å². The first-order valence-corrected chi connectivity index (χ1v) is 8.82. The summed E-state index contributed by atoms with van der Waals surface area (Å²) in [5.74, 6) is 0.0275. The average Bonchev–Trinajstić information content (AvgIpc) is 2.56. The van der Waals surface area contributed by atoms with E-state index in [1.165, 1.54) is 19.3 Å². The molecule has 5 nitrogen and oxygen atoms in total. The van der Waals surface area contributed by atoms with Gasteiger partial charge in [-0.25, -0.2) is 0 Å². The lowest BCUT2D eigenvalue weighted by Crippen LogP contribution is -2.41. The number of carbonyl (C=O) groups excluding carboxylic acids is 2. The Labute approximate surface area is 145 Å². The highest BCUT2D eigenvalue weighted by Gasteiger charge is 2.23. The third-order valence-corrected chi connectivity index (χ3v) is 4.67. The second-order valence-electron chi connectivity index (χ2n) is 6.74. The molecule has 0 spiro atoms. The van der Waals surface area contributed by atoms with Crippen LogP contribution in [-0.4, -0.2) is 43.4 Å². The standard InChI is InChI=1S/C19H29N3O2/c1-15(23)22(18-7-5-4-6-8-18)14-13-19(24)20-16-9-11-17(12-10-16)21(2)3/h9-12,18H,4-8,13-14H2,1-3H3,(H,20,24). The number of amides is 2. The summed E-state index contributed by atoms with van der Waals surface area (Å²) in [7, 11) is 3.96. The van der Waals surface area contributed by atoms with Gasteiger partial charge in [-0.3, -0.25) is 9.59 Å². The Morgan fingerprint density at radius 1 is 1.08 bits per heavy atom. The fourth-order valence-electron chi connectivity index (χ4n) is 3.28. The maximum atomic E-state index is 12.2. The number of carbonyl (C=O) groups is 2. The summed E-state index contributed by atoms with van der Waals surface area (Å²) in [5, 5.41) is 2.91. The molecule has 5 heteroatoms. The minimum Gasteiger partial charge on any atom is -0.378 e. The Hall–Kier alpha value is -2.04. The normalized spacial score (nSPS) is 15.0. The third kappa shape index (κ3) is 5.25. The second-order valence-corrected chi connectivity index (χ2v) is 6.74. The molecule has 1 aliphatic rings. The van der Waals surface area contributed by atoms with Crippen LogP contribution >= 0.6 is 0 Å².